The molecule has 5 nitrogen and oxygen atoms in total. The number of nitrogens with one attached hydrogen (secondary N) is 1. The van der Waals surface area contributed by atoms with Crippen molar-refractivity contribution in [2.75, 3.05) is 24.3 Å². The topological polar surface area (TPSA) is 62.6 Å². The number of fused-ring (bicyclic) bond motifs is 1. The Morgan fingerprint density at radius 1 is 0.867 bits per heavy atom. The Kier molecular flexibility index (Phi) is 5.11. The van der Waals surface area contributed by atoms with E-state index in [1.807, 2.05) is 86.6 Å². The summed E-state index contributed by atoms with van der Waals surface area (Å²) < 4.78 is 5.53. The molecule has 0 saturated carbocycles. The summed E-state index contributed by atoms with van der Waals surface area (Å²) in [4.78, 5) is 27.7. The molecule has 1 aromatic heterocycles. The van der Waals surface area contributed by atoms with Gasteiger partial charge in [-0.2, -0.15) is 0 Å². The van der Waals surface area contributed by atoms with Gasteiger partial charge in [0.05, 0.1) is 5.39 Å². The van der Waals surface area contributed by atoms with Gasteiger partial charge in [0.2, 0.25) is 5.76 Å². The highest BCUT2D eigenvalue weighted by molar-refractivity contribution is 6.11. The average Bonchev–Trinajstić information content (AvgIpc) is 2.75. The molecular formula is C25H22N2O3. The Bertz CT molecular complexity index is 1270. The van der Waals surface area contributed by atoms with Crippen molar-refractivity contribution in [1.82, 2.24) is 0 Å². The molecule has 0 aliphatic carbocycles. The number of hydrogen-bond donors (Lipinski definition) is 1. The van der Waals surface area contributed by atoms with Gasteiger partial charge in [0.15, 0.2) is 0 Å². The molecule has 150 valence electrons. The second kappa shape index (κ2) is 7.87. The van der Waals surface area contributed by atoms with E-state index in [2.05, 4.69) is 5.32 Å². The molecule has 0 bridgehead atoms. The number of anilines is 2. The molecule has 0 aliphatic rings. The summed E-state index contributed by atoms with van der Waals surface area (Å²) >= 11 is 0. The predicted molar refractivity (Wildman–Crippen MR) is 121 cm³/mol. The average molecular weight is 398 g/mol. The second-order valence-corrected chi connectivity index (χ2v) is 7.40. The van der Waals surface area contributed by atoms with Crippen molar-refractivity contribution < 1.29 is 9.21 Å². The summed E-state index contributed by atoms with van der Waals surface area (Å²) in [6, 6.07) is 22.4. The van der Waals surface area contributed by atoms with E-state index in [4.69, 9.17) is 4.42 Å². The Hall–Kier alpha value is -3.86. The van der Waals surface area contributed by atoms with Gasteiger partial charge in [-0.25, -0.2) is 4.79 Å². The van der Waals surface area contributed by atoms with Gasteiger partial charge < -0.3 is 14.6 Å². The maximum atomic E-state index is 13.1. The lowest BCUT2D eigenvalue weighted by Crippen LogP contribution is -2.17. The van der Waals surface area contributed by atoms with E-state index >= 15 is 0 Å². The van der Waals surface area contributed by atoms with Crippen molar-refractivity contribution in [3.05, 3.63) is 94.5 Å². The van der Waals surface area contributed by atoms with Gasteiger partial charge in [-0.15, -0.1) is 0 Å². The van der Waals surface area contributed by atoms with Crippen molar-refractivity contribution in [1.29, 1.82) is 0 Å². The molecule has 4 rings (SSSR count). The molecule has 0 atom stereocenters. The first kappa shape index (κ1) is 19.5. The fraction of sp³-hybridized carbons (Fsp3) is 0.120. The van der Waals surface area contributed by atoms with Crippen LogP contribution in [-0.4, -0.2) is 20.0 Å². The highest BCUT2D eigenvalue weighted by atomic mass is 16.4. The molecule has 1 heterocycles. The minimum Gasteiger partial charge on any atom is -0.416 e. The van der Waals surface area contributed by atoms with Crippen molar-refractivity contribution in [2.24, 2.45) is 0 Å². The van der Waals surface area contributed by atoms with E-state index in [0.717, 1.165) is 16.8 Å². The van der Waals surface area contributed by atoms with Crippen molar-refractivity contribution in [3.8, 4) is 11.1 Å². The Labute approximate surface area is 174 Å². The van der Waals surface area contributed by atoms with Crippen LogP contribution in [0, 0.1) is 6.92 Å². The molecule has 30 heavy (non-hydrogen) atoms. The van der Waals surface area contributed by atoms with E-state index in [0.29, 0.717) is 22.0 Å². The number of aryl methyl sites for hydroxylation is 1. The predicted octanol–water partition coefficient (Wildman–Crippen LogP) is 5.09. The third kappa shape index (κ3) is 3.70. The van der Waals surface area contributed by atoms with Crippen LogP contribution in [0.1, 0.15) is 16.1 Å². The molecule has 1 amide bonds. The van der Waals surface area contributed by atoms with Crippen LogP contribution < -0.4 is 15.8 Å². The van der Waals surface area contributed by atoms with Crippen LogP contribution in [0.15, 0.2) is 82.0 Å². The molecule has 0 fully saturated rings. The second-order valence-electron chi connectivity index (χ2n) is 7.40. The zero-order chi connectivity index (χ0) is 21.3. The Morgan fingerprint density at radius 2 is 1.50 bits per heavy atom. The number of benzene rings is 3. The minimum atomic E-state index is -0.533. The minimum absolute atomic E-state index is 0.000704. The summed E-state index contributed by atoms with van der Waals surface area (Å²) in [6.07, 6.45) is 0. The number of carbonyl (C=O) groups excluding carboxylic acids is 1. The zero-order valence-corrected chi connectivity index (χ0v) is 17.1. The van der Waals surface area contributed by atoms with Gasteiger partial charge in [-0.3, -0.25) is 4.79 Å². The number of amides is 1. The van der Waals surface area contributed by atoms with Crippen LogP contribution in [-0.2, 0) is 0 Å². The van der Waals surface area contributed by atoms with E-state index in [1.54, 1.807) is 12.1 Å². The summed E-state index contributed by atoms with van der Waals surface area (Å²) in [5.41, 5.74) is 3.63. The van der Waals surface area contributed by atoms with Crippen LogP contribution in [0.3, 0.4) is 0 Å². The fourth-order valence-corrected chi connectivity index (χ4v) is 3.40. The smallest absolute Gasteiger partial charge is 0.344 e. The van der Waals surface area contributed by atoms with Crippen LogP contribution in [0.2, 0.25) is 0 Å². The first-order valence-electron chi connectivity index (χ1n) is 9.65. The SMILES string of the molecule is Cc1ccc(-c2c(C(=O)Nc3ccc(N(C)C)cc3)oc(=O)c3ccccc23)cc1. The molecule has 0 unspecified atom stereocenters. The quantitative estimate of drug-likeness (QED) is 0.520. The molecular weight excluding hydrogens is 376 g/mol. The molecule has 4 aromatic rings. The summed E-state index contributed by atoms with van der Waals surface area (Å²) in [5, 5.41) is 3.98. The van der Waals surface area contributed by atoms with E-state index in [1.165, 1.54) is 0 Å². The first-order chi connectivity index (χ1) is 14.4. The zero-order valence-electron chi connectivity index (χ0n) is 17.1. The van der Waals surface area contributed by atoms with Crippen LogP contribution in [0.4, 0.5) is 11.4 Å². The maximum absolute atomic E-state index is 13.1. The third-order valence-electron chi connectivity index (χ3n) is 5.03. The highest BCUT2D eigenvalue weighted by Crippen LogP contribution is 2.31. The van der Waals surface area contributed by atoms with Gasteiger partial charge in [-0.1, -0.05) is 48.0 Å². The van der Waals surface area contributed by atoms with Crippen LogP contribution >= 0.6 is 0 Å². The van der Waals surface area contributed by atoms with Gasteiger partial charge in [-0.05, 0) is 42.8 Å². The van der Waals surface area contributed by atoms with Gasteiger partial charge >= 0.3 is 5.63 Å². The molecule has 0 saturated heterocycles. The fourth-order valence-electron chi connectivity index (χ4n) is 3.40. The number of rotatable bonds is 4. The van der Waals surface area contributed by atoms with Gasteiger partial charge in [0.1, 0.15) is 0 Å². The summed E-state index contributed by atoms with van der Waals surface area (Å²) in [7, 11) is 3.90. The molecule has 0 spiro atoms. The molecule has 0 radical (unpaired) electrons. The summed E-state index contributed by atoms with van der Waals surface area (Å²) in [5.74, 6) is -0.467. The highest BCUT2D eigenvalue weighted by Gasteiger charge is 2.21. The normalized spacial score (nSPS) is 10.8. The number of nitrogens with zero attached hydrogens (tertiary/aromatic N) is 1. The lowest BCUT2D eigenvalue weighted by molar-refractivity contribution is 0.0994. The Morgan fingerprint density at radius 3 is 2.13 bits per heavy atom. The molecule has 1 N–H and O–H groups in total. The lowest BCUT2D eigenvalue weighted by Gasteiger charge is -2.14. The van der Waals surface area contributed by atoms with E-state index < -0.39 is 11.5 Å². The number of carbonyl (C=O) groups is 1. The first-order valence-corrected chi connectivity index (χ1v) is 9.65. The standard InChI is InChI=1S/C25H22N2O3/c1-16-8-10-17(11-9-16)22-20-6-4-5-7-21(20)25(29)30-23(22)24(28)26-18-12-14-19(15-13-18)27(2)3/h4-15H,1-3H3,(H,26,28). The van der Waals surface area contributed by atoms with Crippen molar-refractivity contribution >= 4 is 28.1 Å². The molecule has 3 aromatic carbocycles. The van der Waals surface area contributed by atoms with Crippen molar-refractivity contribution in [3.63, 3.8) is 0 Å². The summed E-state index contributed by atoms with van der Waals surface area (Å²) in [6.45, 7) is 2.00. The van der Waals surface area contributed by atoms with Gasteiger partial charge in [0, 0.05) is 36.4 Å². The largest absolute Gasteiger partial charge is 0.416 e. The van der Waals surface area contributed by atoms with Crippen molar-refractivity contribution in [2.45, 2.75) is 6.92 Å². The molecule has 5 heteroatoms. The third-order valence-corrected chi connectivity index (χ3v) is 5.03. The monoisotopic (exact) mass is 398 g/mol. The molecule has 0 aliphatic heterocycles. The van der Waals surface area contributed by atoms with E-state index in [9.17, 15) is 9.59 Å². The van der Waals surface area contributed by atoms with Gasteiger partial charge in [0.25, 0.3) is 5.91 Å². The lowest BCUT2D eigenvalue weighted by atomic mass is 9.97. The van der Waals surface area contributed by atoms with Crippen LogP contribution in [0.25, 0.3) is 21.9 Å². The Balaban J connectivity index is 1.83. The maximum Gasteiger partial charge on any atom is 0.344 e. The van der Waals surface area contributed by atoms with Crippen LogP contribution in [0.5, 0.6) is 0 Å². The van der Waals surface area contributed by atoms with E-state index in [-0.39, 0.29) is 5.76 Å². The number of hydrogen-bond acceptors (Lipinski definition) is 4.